The maximum Gasteiger partial charge on any atom is 0.162 e. The Morgan fingerprint density at radius 1 is 1.56 bits per heavy atom. The average molecular weight is 224 g/mol. The summed E-state index contributed by atoms with van der Waals surface area (Å²) in [6, 6.07) is 2.56. The van der Waals surface area contributed by atoms with Gasteiger partial charge in [0, 0.05) is 18.7 Å². The second-order valence-electron chi connectivity index (χ2n) is 4.42. The van der Waals surface area contributed by atoms with Crippen LogP contribution in [-0.4, -0.2) is 24.4 Å². The highest BCUT2D eigenvalue weighted by Crippen LogP contribution is 2.10. The van der Waals surface area contributed by atoms with E-state index in [1.165, 1.54) is 19.3 Å². The van der Waals surface area contributed by atoms with Crippen molar-refractivity contribution < 1.29 is 9.26 Å². The molecule has 1 saturated heterocycles. The summed E-state index contributed by atoms with van der Waals surface area (Å²) in [4.78, 5) is 0. The lowest BCUT2D eigenvalue weighted by Gasteiger charge is -2.23. The molecule has 0 saturated carbocycles. The zero-order valence-corrected chi connectivity index (χ0v) is 9.87. The van der Waals surface area contributed by atoms with E-state index >= 15 is 0 Å². The smallest absolute Gasteiger partial charge is 0.162 e. The van der Waals surface area contributed by atoms with Gasteiger partial charge in [-0.3, -0.25) is 0 Å². The maximum absolute atomic E-state index is 5.56. The molecule has 1 aromatic rings. The number of ether oxygens (including phenoxy) is 1. The number of aryl methyl sites for hydroxylation is 1. The van der Waals surface area contributed by atoms with E-state index in [0.717, 1.165) is 31.0 Å². The summed E-state index contributed by atoms with van der Waals surface area (Å²) in [5.41, 5.74) is 0.910. The first-order valence-corrected chi connectivity index (χ1v) is 6.08. The third kappa shape index (κ3) is 3.61. The first-order valence-electron chi connectivity index (χ1n) is 6.08. The van der Waals surface area contributed by atoms with Crippen molar-refractivity contribution in [2.45, 2.75) is 45.3 Å². The minimum absolute atomic E-state index is 0.535. The van der Waals surface area contributed by atoms with Crippen LogP contribution in [0.5, 0.6) is 0 Å². The summed E-state index contributed by atoms with van der Waals surface area (Å²) >= 11 is 0. The van der Waals surface area contributed by atoms with E-state index in [2.05, 4.69) is 10.5 Å². The van der Waals surface area contributed by atoms with Gasteiger partial charge in [0.2, 0.25) is 0 Å². The van der Waals surface area contributed by atoms with E-state index in [-0.39, 0.29) is 0 Å². The molecule has 1 unspecified atom stereocenters. The molecule has 1 atom stereocenters. The van der Waals surface area contributed by atoms with Crippen LogP contribution >= 0.6 is 0 Å². The van der Waals surface area contributed by atoms with Gasteiger partial charge in [0.1, 0.15) is 6.61 Å². The molecule has 1 N–H and O–H groups in total. The summed E-state index contributed by atoms with van der Waals surface area (Å²) in [6.45, 7) is 4.40. The number of rotatable bonds is 5. The van der Waals surface area contributed by atoms with Gasteiger partial charge in [-0.2, -0.15) is 0 Å². The normalized spacial score (nSPS) is 21.2. The molecule has 90 valence electrons. The van der Waals surface area contributed by atoms with Gasteiger partial charge < -0.3 is 14.6 Å². The molecule has 0 spiro atoms. The number of nitrogens with one attached hydrogen (secondary N) is 1. The van der Waals surface area contributed by atoms with Crippen LogP contribution in [0, 0.1) is 6.92 Å². The lowest BCUT2D eigenvalue weighted by molar-refractivity contribution is 0.0908. The van der Waals surface area contributed by atoms with Crippen LogP contribution in [0.4, 0.5) is 0 Å². The summed E-state index contributed by atoms with van der Waals surface area (Å²) < 4.78 is 10.6. The molecule has 0 amide bonds. The first-order chi connectivity index (χ1) is 7.84. The van der Waals surface area contributed by atoms with Crippen molar-refractivity contribution in [3.63, 3.8) is 0 Å². The minimum Gasteiger partial charge on any atom is -0.373 e. The standard InChI is InChI=1S/C12H20N2O2/c1-10-8-12(16-14-10)9-15-7-5-11-4-2-3-6-13-11/h8,11,13H,2-7,9H2,1H3. The second kappa shape index (κ2) is 6.01. The van der Waals surface area contributed by atoms with Crippen LogP contribution in [0.1, 0.15) is 37.1 Å². The molecule has 0 radical (unpaired) electrons. The highest BCUT2D eigenvalue weighted by Gasteiger charge is 2.11. The van der Waals surface area contributed by atoms with Crippen molar-refractivity contribution in [1.29, 1.82) is 0 Å². The van der Waals surface area contributed by atoms with E-state index < -0.39 is 0 Å². The van der Waals surface area contributed by atoms with Gasteiger partial charge in [0.05, 0.1) is 5.69 Å². The van der Waals surface area contributed by atoms with Gasteiger partial charge in [-0.25, -0.2) is 0 Å². The van der Waals surface area contributed by atoms with E-state index in [1.807, 2.05) is 13.0 Å². The lowest BCUT2D eigenvalue weighted by atomic mass is 10.0. The molecule has 16 heavy (non-hydrogen) atoms. The fourth-order valence-electron chi connectivity index (χ4n) is 2.05. The van der Waals surface area contributed by atoms with Crippen molar-refractivity contribution in [2.24, 2.45) is 0 Å². The van der Waals surface area contributed by atoms with Gasteiger partial charge in [-0.15, -0.1) is 0 Å². The number of hydrogen-bond donors (Lipinski definition) is 1. The van der Waals surface area contributed by atoms with Crippen LogP contribution in [0.3, 0.4) is 0 Å². The highest BCUT2D eigenvalue weighted by molar-refractivity contribution is 5.01. The van der Waals surface area contributed by atoms with Crippen molar-refractivity contribution in [3.8, 4) is 0 Å². The predicted molar refractivity (Wildman–Crippen MR) is 61.2 cm³/mol. The predicted octanol–water partition coefficient (Wildman–Crippen LogP) is 2.03. The largest absolute Gasteiger partial charge is 0.373 e. The fraction of sp³-hybridized carbons (Fsp3) is 0.750. The average Bonchev–Trinajstić information content (AvgIpc) is 2.72. The number of nitrogens with zero attached hydrogens (tertiary/aromatic N) is 1. The second-order valence-corrected chi connectivity index (χ2v) is 4.42. The Labute approximate surface area is 96.3 Å². The van der Waals surface area contributed by atoms with Crippen LogP contribution in [0.25, 0.3) is 0 Å². The zero-order chi connectivity index (χ0) is 11.2. The number of aromatic nitrogens is 1. The molecule has 2 rings (SSSR count). The van der Waals surface area contributed by atoms with E-state index in [0.29, 0.717) is 12.6 Å². The molecule has 1 aliphatic heterocycles. The van der Waals surface area contributed by atoms with Crippen LogP contribution < -0.4 is 5.32 Å². The van der Waals surface area contributed by atoms with Crippen molar-refractivity contribution in [3.05, 3.63) is 17.5 Å². The Hall–Kier alpha value is -0.870. The van der Waals surface area contributed by atoms with Gasteiger partial charge in [-0.1, -0.05) is 11.6 Å². The fourth-order valence-corrected chi connectivity index (χ4v) is 2.05. The first kappa shape index (κ1) is 11.6. The molecular formula is C12H20N2O2. The van der Waals surface area contributed by atoms with E-state index in [9.17, 15) is 0 Å². The SMILES string of the molecule is Cc1cc(COCCC2CCCCN2)on1. The third-order valence-corrected chi connectivity index (χ3v) is 2.94. The quantitative estimate of drug-likeness (QED) is 0.777. The Balaban J connectivity index is 1.57. The molecule has 0 bridgehead atoms. The summed E-state index contributed by atoms with van der Waals surface area (Å²) in [5, 5.41) is 7.32. The molecule has 0 aliphatic carbocycles. The van der Waals surface area contributed by atoms with Crippen molar-refractivity contribution in [2.75, 3.05) is 13.2 Å². The third-order valence-electron chi connectivity index (χ3n) is 2.94. The molecule has 1 aromatic heterocycles. The Bertz CT molecular complexity index is 306. The molecule has 0 aromatic carbocycles. The zero-order valence-electron chi connectivity index (χ0n) is 9.87. The summed E-state index contributed by atoms with van der Waals surface area (Å²) in [7, 11) is 0. The Kier molecular flexibility index (Phi) is 4.36. The van der Waals surface area contributed by atoms with Gasteiger partial charge in [0.25, 0.3) is 0 Å². The van der Waals surface area contributed by atoms with Gasteiger partial charge in [0.15, 0.2) is 5.76 Å². The molecule has 2 heterocycles. The molecule has 4 heteroatoms. The maximum atomic E-state index is 5.56. The molecule has 4 nitrogen and oxygen atoms in total. The molecule has 1 fully saturated rings. The highest BCUT2D eigenvalue weighted by atomic mass is 16.5. The summed E-state index contributed by atoms with van der Waals surface area (Å²) in [6.07, 6.45) is 5.03. The summed E-state index contributed by atoms with van der Waals surface area (Å²) in [5.74, 6) is 0.814. The van der Waals surface area contributed by atoms with Crippen molar-refractivity contribution in [1.82, 2.24) is 10.5 Å². The lowest BCUT2D eigenvalue weighted by Crippen LogP contribution is -2.34. The van der Waals surface area contributed by atoms with Gasteiger partial charge >= 0.3 is 0 Å². The Morgan fingerprint density at radius 2 is 2.50 bits per heavy atom. The van der Waals surface area contributed by atoms with Crippen LogP contribution in [0.2, 0.25) is 0 Å². The monoisotopic (exact) mass is 224 g/mol. The molecule has 1 aliphatic rings. The topological polar surface area (TPSA) is 47.3 Å². The van der Waals surface area contributed by atoms with Crippen LogP contribution in [0.15, 0.2) is 10.6 Å². The van der Waals surface area contributed by atoms with Crippen molar-refractivity contribution >= 4 is 0 Å². The molecular weight excluding hydrogens is 204 g/mol. The van der Waals surface area contributed by atoms with Gasteiger partial charge in [-0.05, 0) is 32.7 Å². The van der Waals surface area contributed by atoms with E-state index in [1.54, 1.807) is 0 Å². The number of hydrogen-bond acceptors (Lipinski definition) is 4. The Morgan fingerprint density at radius 3 is 3.19 bits per heavy atom. The number of piperidine rings is 1. The minimum atomic E-state index is 0.535. The van der Waals surface area contributed by atoms with E-state index in [4.69, 9.17) is 9.26 Å². The van der Waals surface area contributed by atoms with Crippen LogP contribution in [-0.2, 0) is 11.3 Å².